The number of anilines is 1. The van der Waals surface area contributed by atoms with Gasteiger partial charge in [-0.05, 0) is 26.7 Å². The summed E-state index contributed by atoms with van der Waals surface area (Å²) in [6, 6.07) is 6.29. The van der Waals surface area contributed by atoms with Gasteiger partial charge in [-0.25, -0.2) is 0 Å². The number of nitrogens with one attached hydrogen (secondary N) is 2. The largest absolute Gasteiger partial charge is 0.497 e. The molecule has 1 aliphatic rings. The first-order chi connectivity index (χ1) is 14.0. The third kappa shape index (κ3) is 5.13. The lowest BCUT2D eigenvalue weighted by Crippen LogP contribution is -2.45. The second-order valence-electron chi connectivity index (χ2n) is 7.20. The molecule has 2 N–H and O–H groups in total. The molecule has 3 rings (SSSR count). The molecule has 0 radical (unpaired) electrons. The van der Waals surface area contributed by atoms with Crippen LogP contribution in [-0.4, -0.2) is 58.1 Å². The number of hydrogen-bond acceptors (Lipinski definition) is 6. The number of guanidine groups is 1. The summed E-state index contributed by atoms with van der Waals surface area (Å²) < 4.78 is 16.0. The van der Waals surface area contributed by atoms with Gasteiger partial charge in [-0.3, -0.25) is 4.99 Å². The van der Waals surface area contributed by atoms with Gasteiger partial charge < -0.3 is 29.5 Å². The van der Waals surface area contributed by atoms with E-state index in [0.29, 0.717) is 6.04 Å². The van der Waals surface area contributed by atoms with Gasteiger partial charge in [-0.2, -0.15) is 0 Å². The second kappa shape index (κ2) is 9.54. The lowest BCUT2D eigenvalue weighted by molar-refractivity contribution is 0.392. The van der Waals surface area contributed by atoms with Crippen LogP contribution in [0, 0.1) is 13.8 Å². The average Bonchev–Trinajstić information content (AvgIpc) is 3.34. The van der Waals surface area contributed by atoms with Crippen LogP contribution in [0.25, 0.3) is 0 Å². The summed E-state index contributed by atoms with van der Waals surface area (Å²) in [4.78, 5) is 6.70. The fourth-order valence-corrected chi connectivity index (χ4v) is 3.64. The van der Waals surface area contributed by atoms with Crippen molar-refractivity contribution in [1.82, 2.24) is 15.8 Å². The molecule has 8 heteroatoms. The van der Waals surface area contributed by atoms with Crippen LogP contribution in [0.4, 0.5) is 5.69 Å². The summed E-state index contributed by atoms with van der Waals surface area (Å²) >= 11 is 0. The highest BCUT2D eigenvalue weighted by atomic mass is 16.5. The monoisotopic (exact) mass is 401 g/mol. The van der Waals surface area contributed by atoms with Gasteiger partial charge >= 0.3 is 0 Å². The molecular weight excluding hydrogens is 370 g/mol. The van der Waals surface area contributed by atoms with Crippen LogP contribution < -0.4 is 25.0 Å². The van der Waals surface area contributed by atoms with Gasteiger partial charge in [0.2, 0.25) is 0 Å². The minimum atomic E-state index is 0.317. The number of hydrogen-bond donors (Lipinski definition) is 2. The molecule has 1 aromatic carbocycles. The van der Waals surface area contributed by atoms with Crippen molar-refractivity contribution in [2.45, 2.75) is 32.7 Å². The van der Waals surface area contributed by atoms with E-state index in [1.54, 1.807) is 21.3 Å². The number of rotatable bonds is 7. The van der Waals surface area contributed by atoms with Crippen molar-refractivity contribution in [1.29, 1.82) is 0 Å². The number of benzene rings is 1. The number of methoxy groups -OCH3 is 2. The van der Waals surface area contributed by atoms with E-state index in [-0.39, 0.29) is 0 Å². The molecule has 1 aromatic heterocycles. The quantitative estimate of drug-likeness (QED) is 0.544. The minimum absolute atomic E-state index is 0.317. The van der Waals surface area contributed by atoms with Crippen LogP contribution in [0.1, 0.15) is 23.4 Å². The maximum Gasteiger partial charge on any atom is 0.191 e. The van der Waals surface area contributed by atoms with E-state index in [1.165, 1.54) is 0 Å². The van der Waals surface area contributed by atoms with E-state index in [4.69, 9.17) is 14.0 Å². The van der Waals surface area contributed by atoms with Crippen molar-refractivity contribution in [3.63, 3.8) is 0 Å². The van der Waals surface area contributed by atoms with Crippen molar-refractivity contribution in [2.75, 3.05) is 45.8 Å². The number of ether oxygens (including phenoxy) is 2. The summed E-state index contributed by atoms with van der Waals surface area (Å²) in [7, 11) is 5.14. The molecule has 2 heterocycles. The van der Waals surface area contributed by atoms with Crippen LogP contribution >= 0.6 is 0 Å². The lowest BCUT2D eigenvalue weighted by Gasteiger charge is -2.21. The number of nitrogens with zero attached hydrogens (tertiary/aromatic N) is 3. The molecular formula is C21H31N5O3. The first-order valence-corrected chi connectivity index (χ1v) is 9.91. The maximum absolute atomic E-state index is 5.39. The first kappa shape index (κ1) is 20.8. The van der Waals surface area contributed by atoms with Gasteiger partial charge in [-0.1, -0.05) is 5.16 Å². The summed E-state index contributed by atoms with van der Waals surface area (Å²) in [6.07, 6.45) is 1.88. The number of aryl methyl sites for hydroxylation is 2. The SMILES string of the molecule is CN=C(NCCc1c(C)noc1C)NC1CCN(c2cc(OC)cc(OC)c2)C1. The summed E-state index contributed by atoms with van der Waals surface area (Å²) in [5.41, 5.74) is 3.21. The summed E-state index contributed by atoms with van der Waals surface area (Å²) in [5.74, 6) is 3.29. The Morgan fingerprint density at radius 1 is 1.24 bits per heavy atom. The van der Waals surface area contributed by atoms with Gasteiger partial charge in [0, 0.05) is 62.2 Å². The Morgan fingerprint density at radius 3 is 2.55 bits per heavy atom. The van der Waals surface area contributed by atoms with E-state index in [1.807, 2.05) is 32.0 Å². The lowest BCUT2D eigenvalue weighted by atomic mass is 10.1. The van der Waals surface area contributed by atoms with Gasteiger partial charge in [0.1, 0.15) is 17.3 Å². The molecule has 0 saturated carbocycles. The molecule has 0 amide bonds. The maximum atomic E-state index is 5.39. The third-order valence-corrected chi connectivity index (χ3v) is 5.30. The number of aromatic nitrogens is 1. The summed E-state index contributed by atoms with van der Waals surface area (Å²) in [5, 5.41) is 10.9. The normalized spacial score (nSPS) is 16.8. The van der Waals surface area contributed by atoms with Crippen molar-refractivity contribution in [2.24, 2.45) is 4.99 Å². The molecule has 8 nitrogen and oxygen atoms in total. The Balaban J connectivity index is 1.53. The molecule has 1 saturated heterocycles. The van der Waals surface area contributed by atoms with Gasteiger partial charge in [0.05, 0.1) is 19.9 Å². The Labute approximate surface area is 172 Å². The molecule has 29 heavy (non-hydrogen) atoms. The standard InChI is InChI=1S/C21H31N5O3/c1-14-20(15(2)29-25-14)6-8-23-21(22-3)24-16-7-9-26(13-16)17-10-18(27-4)12-19(11-17)28-5/h10-12,16H,6-9,13H2,1-5H3,(H2,22,23,24). The number of aliphatic imine (C=N–C) groups is 1. The van der Waals surface area contributed by atoms with E-state index < -0.39 is 0 Å². The zero-order chi connectivity index (χ0) is 20.8. The molecule has 1 unspecified atom stereocenters. The topological polar surface area (TPSA) is 84.2 Å². The molecule has 0 bridgehead atoms. The second-order valence-corrected chi connectivity index (χ2v) is 7.20. The predicted octanol–water partition coefficient (Wildman–Crippen LogP) is 2.30. The van der Waals surface area contributed by atoms with Crippen molar-refractivity contribution in [3.8, 4) is 11.5 Å². The smallest absolute Gasteiger partial charge is 0.191 e. The Bertz CT molecular complexity index is 807. The predicted molar refractivity (Wildman–Crippen MR) is 114 cm³/mol. The Morgan fingerprint density at radius 2 is 1.97 bits per heavy atom. The average molecular weight is 402 g/mol. The highest BCUT2D eigenvalue weighted by Gasteiger charge is 2.24. The molecule has 1 aliphatic heterocycles. The molecule has 1 fully saturated rings. The Kier molecular flexibility index (Phi) is 6.85. The Hall–Kier alpha value is -2.90. The fraction of sp³-hybridized carbons (Fsp3) is 0.524. The molecule has 1 atom stereocenters. The van der Waals surface area contributed by atoms with Crippen LogP contribution in [0.2, 0.25) is 0 Å². The van der Waals surface area contributed by atoms with Crippen molar-refractivity contribution in [3.05, 3.63) is 35.2 Å². The first-order valence-electron chi connectivity index (χ1n) is 9.91. The zero-order valence-corrected chi connectivity index (χ0v) is 17.9. The summed E-state index contributed by atoms with van der Waals surface area (Å²) in [6.45, 7) is 6.54. The van der Waals surface area contributed by atoms with Crippen LogP contribution in [0.3, 0.4) is 0 Å². The van der Waals surface area contributed by atoms with Gasteiger partial charge in [0.15, 0.2) is 5.96 Å². The highest BCUT2D eigenvalue weighted by Crippen LogP contribution is 2.30. The van der Waals surface area contributed by atoms with E-state index in [9.17, 15) is 0 Å². The zero-order valence-electron chi connectivity index (χ0n) is 17.9. The molecule has 2 aromatic rings. The minimum Gasteiger partial charge on any atom is -0.497 e. The van der Waals surface area contributed by atoms with E-state index in [0.717, 1.165) is 72.6 Å². The fourth-order valence-electron chi connectivity index (χ4n) is 3.64. The molecule has 158 valence electrons. The van der Waals surface area contributed by atoms with Crippen molar-refractivity contribution < 1.29 is 14.0 Å². The third-order valence-electron chi connectivity index (χ3n) is 5.30. The van der Waals surface area contributed by atoms with E-state index in [2.05, 4.69) is 25.7 Å². The van der Waals surface area contributed by atoms with Crippen LogP contribution in [0.15, 0.2) is 27.7 Å². The van der Waals surface area contributed by atoms with Crippen molar-refractivity contribution >= 4 is 11.6 Å². The molecule has 0 aliphatic carbocycles. The van der Waals surface area contributed by atoms with Crippen LogP contribution in [0.5, 0.6) is 11.5 Å². The van der Waals surface area contributed by atoms with Gasteiger partial charge in [0.25, 0.3) is 0 Å². The molecule has 0 spiro atoms. The highest BCUT2D eigenvalue weighted by molar-refractivity contribution is 5.80. The van der Waals surface area contributed by atoms with E-state index >= 15 is 0 Å². The van der Waals surface area contributed by atoms with Crippen LogP contribution in [-0.2, 0) is 6.42 Å². The van der Waals surface area contributed by atoms with Gasteiger partial charge in [-0.15, -0.1) is 0 Å².